The summed E-state index contributed by atoms with van der Waals surface area (Å²) in [6.07, 6.45) is 3.21. The third kappa shape index (κ3) is 4.11. The zero-order chi connectivity index (χ0) is 14.5. The van der Waals surface area contributed by atoms with Crippen LogP contribution in [0, 0.1) is 11.8 Å². The van der Waals surface area contributed by atoms with Gasteiger partial charge in [-0.05, 0) is 25.7 Å². The van der Waals surface area contributed by atoms with E-state index >= 15 is 0 Å². The van der Waals surface area contributed by atoms with Gasteiger partial charge in [0.25, 0.3) is 0 Å². The van der Waals surface area contributed by atoms with Crippen LogP contribution < -0.4 is 16.4 Å². The third-order valence-corrected chi connectivity index (χ3v) is 3.83. The summed E-state index contributed by atoms with van der Waals surface area (Å²) in [6.45, 7) is 1.98. The number of hydrogen-bond donors (Lipinski definition) is 3. The maximum Gasteiger partial charge on any atom is 0.317 e. The predicted octanol–water partition coefficient (Wildman–Crippen LogP) is -0.580. The van der Waals surface area contributed by atoms with Gasteiger partial charge in [-0.25, -0.2) is 4.79 Å². The monoisotopic (exact) mass is 282 g/mol. The van der Waals surface area contributed by atoms with Crippen LogP contribution in [0.5, 0.6) is 0 Å². The molecule has 0 aromatic heterocycles. The molecule has 0 spiro atoms. The molecule has 0 bridgehead atoms. The number of piperidine rings is 1. The zero-order valence-electron chi connectivity index (χ0n) is 11.6. The molecule has 2 aliphatic rings. The largest absolute Gasteiger partial charge is 0.369 e. The second kappa shape index (κ2) is 6.58. The lowest BCUT2D eigenvalue weighted by molar-refractivity contribution is -0.123. The minimum absolute atomic E-state index is 0.0847. The van der Waals surface area contributed by atoms with E-state index in [-0.39, 0.29) is 29.7 Å². The molecule has 0 radical (unpaired) electrons. The summed E-state index contributed by atoms with van der Waals surface area (Å²) in [7, 11) is 0. The van der Waals surface area contributed by atoms with Gasteiger partial charge in [0, 0.05) is 38.0 Å². The predicted molar refractivity (Wildman–Crippen MR) is 72.6 cm³/mol. The molecule has 0 aromatic carbocycles. The quantitative estimate of drug-likeness (QED) is 0.587. The molecule has 1 aliphatic heterocycles. The first kappa shape index (κ1) is 14.6. The van der Waals surface area contributed by atoms with Crippen LogP contribution in [-0.2, 0) is 9.59 Å². The zero-order valence-corrected chi connectivity index (χ0v) is 11.6. The Hall–Kier alpha value is -1.79. The lowest BCUT2D eigenvalue weighted by atomic mass is 9.96. The molecule has 0 unspecified atom stereocenters. The van der Waals surface area contributed by atoms with Crippen molar-refractivity contribution in [3.05, 3.63) is 0 Å². The number of amides is 4. The highest BCUT2D eigenvalue weighted by Crippen LogP contribution is 2.28. The molecule has 1 saturated heterocycles. The van der Waals surface area contributed by atoms with E-state index < -0.39 is 0 Å². The molecule has 1 saturated carbocycles. The standard InChI is InChI=1S/C13H22N4O3/c14-11(18)9-3-7-17(8-4-9)13(20)16-6-5-15-12(19)10-1-2-10/h9-10H,1-8H2,(H2,14,18)(H,15,19)(H,16,20). The molecule has 0 atom stereocenters. The summed E-state index contributed by atoms with van der Waals surface area (Å²) in [4.78, 5) is 35.9. The number of primary amides is 1. The van der Waals surface area contributed by atoms with E-state index in [0.29, 0.717) is 39.0 Å². The molecule has 20 heavy (non-hydrogen) atoms. The van der Waals surface area contributed by atoms with Crippen molar-refractivity contribution >= 4 is 17.8 Å². The van der Waals surface area contributed by atoms with Crippen LogP contribution >= 0.6 is 0 Å². The van der Waals surface area contributed by atoms with Crippen molar-refractivity contribution in [3.8, 4) is 0 Å². The van der Waals surface area contributed by atoms with Crippen molar-refractivity contribution in [1.82, 2.24) is 15.5 Å². The van der Waals surface area contributed by atoms with Crippen molar-refractivity contribution in [1.29, 1.82) is 0 Å². The van der Waals surface area contributed by atoms with E-state index in [4.69, 9.17) is 5.73 Å². The molecule has 1 aliphatic carbocycles. The van der Waals surface area contributed by atoms with Crippen molar-refractivity contribution in [2.24, 2.45) is 17.6 Å². The first-order valence-electron chi connectivity index (χ1n) is 7.17. The first-order valence-corrected chi connectivity index (χ1v) is 7.17. The van der Waals surface area contributed by atoms with Gasteiger partial charge in [0.15, 0.2) is 0 Å². The van der Waals surface area contributed by atoms with E-state index in [2.05, 4.69) is 10.6 Å². The van der Waals surface area contributed by atoms with Gasteiger partial charge in [0.1, 0.15) is 0 Å². The maximum absolute atomic E-state index is 11.9. The van der Waals surface area contributed by atoms with Crippen LogP contribution in [0.2, 0.25) is 0 Å². The van der Waals surface area contributed by atoms with Crippen LogP contribution in [0.25, 0.3) is 0 Å². The average molecular weight is 282 g/mol. The highest BCUT2D eigenvalue weighted by atomic mass is 16.2. The number of nitrogens with two attached hydrogens (primary N) is 1. The Morgan fingerprint density at radius 2 is 1.55 bits per heavy atom. The number of urea groups is 1. The summed E-state index contributed by atoms with van der Waals surface area (Å²) in [5.41, 5.74) is 5.25. The number of carbonyl (C=O) groups excluding carboxylic acids is 3. The average Bonchev–Trinajstić information content (AvgIpc) is 3.27. The number of likely N-dealkylation sites (tertiary alicyclic amines) is 1. The summed E-state index contributed by atoms with van der Waals surface area (Å²) in [6, 6.07) is -0.145. The van der Waals surface area contributed by atoms with Gasteiger partial charge in [0.2, 0.25) is 11.8 Å². The fraction of sp³-hybridized carbons (Fsp3) is 0.769. The Balaban J connectivity index is 1.58. The maximum atomic E-state index is 11.9. The molecular formula is C13H22N4O3. The molecule has 4 N–H and O–H groups in total. The molecule has 2 fully saturated rings. The highest BCUT2D eigenvalue weighted by molar-refractivity contribution is 5.81. The summed E-state index contributed by atoms with van der Waals surface area (Å²) < 4.78 is 0. The normalized spacial score (nSPS) is 19.5. The van der Waals surface area contributed by atoms with Crippen molar-refractivity contribution in [2.45, 2.75) is 25.7 Å². The van der Waals surface area contributed by atoms with E-state index in [0.717, 1.165) is 12.8 Å². The Morgan fingerprint density at radius 3 is 2.10 bits per heavy atom. The Labute approximate surface area is 118 Å². The molecule has 0 aromatic rings. The van der Waals surface area contributed by atoms with Gasteiger partial charge in [-0.15, -0.1) is 0 Å². The molecule has 1 heterocycles. The lowest BCUT2D eigenvalue weighted by Gasteiger charge is -2.30. The van der Waals surface area contributed by atoms with Crippen molar-refractivity contribution in [2.75, 3.05) is 26.2 Å². The Kier molecular flexibility index (Phi) is 4.81. The first-order chi connectivity index (χ1) is 9.58. The lowest BCUT2D eigenvalue weighted by Crippen LogP contribution is -2.47. The van der Waals surface area contributed by atoms with Crippen LogP contribution in [0.1, 0.15) is 25.7 Å². The molecule has 112 valence electrons. The van der Waals surface area contributed by atoms with Crippen LogP contribution in [0.3, 0.4) is 0 Å². The van der Waals surface area contributed by atoms with E-state index in [1.54, 1.807) is 4.90 Å². The fourth-order valence-corrected chi connectivity index (χ4v) is 2.32. The van der Waals surface area contributed by atoms with Crippen LogP contribution in [0.15, 0.2) is 0 Å². The van der Waals surface area contributed by atoms with Gasteiger partial charge in [-0.2, -0.15) is 0 Å². The van der Waals surface area contributed by atoms with E-state index in [1.165, 1.54) is 0 Å². The summed E-state index contributed by atoms with van der Waals surface area (Å²) >= 11 is 0. The van der Waals surface area contributed by atoms with E-state index in [9.17, 15) is 14.4 Å². The molecule has 7 nitrogen and oxygen atoms in total. The fourth-order valence-electron chi connectivity index (χ4n) is 2.32. The SMILES string of the molecule is NC(=O)C1CCN(C(=O)NCCNC(=O)C2CC2)CC1. The van der Waals surface area contributed by atoms with Crippen LogP contribution in [-0.4, -0.2) is 48.9 Å². The number of nitrogens with one attached hydrogen (secondary N) is 2. The summed E-state index contributed by atoms with van der Waals surface area (Å²) in [5, 5.41) is 5.56. The second-order valence-corrected chi connectivity index (χ2v) is 5.46. The van der Waals surface area contributed by atoms with Gasteiger partial charge in [-0.3, -0.25) is 9.59 Å². The number of rotatable bonds is 5. The van der Waals surface area contributed by atoms with Crippen molar-refractivity contribution < 1.29 is 14.4 Å². The van der Waals surface area contributed by atoms with Gasteiger partial charge >= 0.3 is 6.03 Å². The Bertz CT molecular complexity index is 387. The van der Waals surface area contributed by atoms with Gasteiger partial charge in [0.05, 0.1) is 0 Å². The third-order valence-electron chi connectivity index (χ3n) is 3.83. The Morgan fingerprint density at radius 1 is 0.950 bits per heavy atom. The molecule has 4 amide bonds. The second-order valence-electron chi connectivity index (χ2n) is 5.46. The van der Waals surface area contributed by atoms with Crippen molar-refractivity contribution in [3.63, 3.8) is 0 Å². The molecule has 7 heteroatoms. The minimum Gasteiger partial charge on any atom is -0.369 e. The van der Waals surface area contributed by atoms with Crippen LogP contribution in [0.4, 0.5) is 4.79 Å². The smallest absolute Gasteiger partial charge is 0.317 e. The molecular weight excluding hydrogens is 260 g/mol. The topological polar surface area (TPSA) is 105 Å². The molecule has 2 rings (SSSR count). The van der Waals surface area contributed by atoms with Gasteiger partial charge < -0.3 is 21.3 Å². The number of hydrogen-bond acceptors (Lipinski definition) is 3. The van der Waals surface area contributed by atoms with Gasteiger partial charge in [-0.1, -0.05) is 0 Å². The highest BCUT2D eigenvalue weighted by Gasteiger charge is 2.29. The van der Waals surface area contributed by atoms with E-state index in [1.807, 2.05) is 0 Å². The number of carbonyl (C=O) groups is 3. The minimum atomic E-state index is -0.284. The number of nitrogens with zero attached hydrogens (tertiary/aromatic N) is 1. The summed E-state index contributed by atoms with van der Waals surface area (Å²) in [5.74, 6) is -0.121.